The van der Waals surface area contributed by atoms with Crippen molar-refractivity contribution in [3.05, 3.63) is 18.2 Å². The first-order valence-electron chi connectivity index (χ1n) is 8.07. The number of sulfone groups is 1. The number of urea groups is 1. The Morgan fingerprint density at radius 1 is 1.35 bits per heavy atom. The number of aromatic nitrogens is 2. The van der Waals surface area contributed by atoms with Crippen LogP contribution in [-0.2, 0) is 16.3 Å². The van der Waals surface area contributed by atoms with Crippen LogP contribution in [-0.4, -0.2) is 53.4 Å². The van der Waals surface area contributed by atoms with Crippen molar-refractivity contribution in [3.8, 4) is 0 Å². The van der Waals surface area contributed by atoms with Crippen molar-refractivity contribution < 1.29 is 13.2 Å². The highest BCUT2D eigenvalue weighted by Gasteiger charge is 2.41. The van der Waals surface area contributed by atoms with E-state index in [1.807, 2.05) is 6.92 Å². The molecule has 2 fully saturated rings. The molecular weight excluding hydrogens is 316 g/mol. The molecule has 7 nitrogen and oxygen atoms in total. The highest BCUT2D eigenvalue weighted by Crippen LogP contribution is 2.37. The number of hydrogen-bond acceptors (Lipinski definition) is 5. The Hall–Kier alpha value is -1.70. The first-order chi connectivity index (χ1) is 11.0. The number of nitrogens with one attached hydrogen (secondary N) is 1. The molecule has 1 aromatic rings. The van der Waals surface area contributed by atoms with E-state index >= 15 is 0 Å². The smallest absolute Gasteiger partial charge is 0.320 e. The van der Waals surface area contributed by atoms with Crippen molar-refractivity contribution in [1.29, 1.82) is 0 Å². The van der Waals surface area contributed by atoms with Crippen LogP contribution >= 0.6 is 0 Å². The summed E-state index contributed by atoms with van der Waals surface area (Å²) in [6.07, 6.45) is 6.40. The van der Waals surface area contributed by atoms with E-state index in [2.05, 4.69) is 15.3 Å². The fourth-order valence-corrected chi connectivity index (χ4v) is 4.68. The normalized spacial score (nSPS) is 24.0. The van der Waals surface area contributed by atoms with E-state index in [0.717, 1.165) is 25.1 Å². The lowest BCUT2D eigenvalue weighted by Gasteiger charge is -2.29. The van der Waals surface area contributed by atoms with Crippen molar-refractivity contribution >= 4 is 21.6 Å². The summed E-state index contributed by atoms with van der Waals surface area (Å²) in [6.45, 7) is 2.44. The first-order valence-corrected chi connectivity index (χ1v) is 9.89. The van der Waals surface area contributed by atoms with E-state index in [1.165, 1.54) is 0 Å². The second-order valence-electron chi connectivity index (χ2n) is 6.24. The van der Waals surface area contributed by atoms with E-state index < -0.39 is 9.84 Å². The number of nitrogens with zero attached hydrogens (tertiary/aromatic N) is 3. The number of aryl methyl sites for hydroxylation is 1. The first kappa shape index (κ1) is 16.2. The van der Waals surface area contributed by atoms with Crippen LogP contribution in [0.25, 0.3) is 0 Å². The molecule has 1 aliphatic carbocycles. The van der Waals surface area contributed by atoms with Gasteiger partial charge in [-0.05, 0) is 25.2 Å². The van der Waals surface area contributed by atoms with Crippen LogP contribution in [0.2, 0.25) is 0 Å². The van der Waals surface area contributed by atoms with Crippen molar-refractivity contribution in [2.75, 3.05) is 23.4 Å². The van der Waals surface area contributed by atoms with Gasteiger partial charge in [-0.15, -0.1) is 0 Å². The van der Waals surface area contributed by atoms with Crippen molar-refractivity contribution in [2.24, 2.45) is 5.92 Å². The van der Waals surface area contributed by atoms with Crippen LogP contribution in [0.1, 0.15) is 32.0 Å². The summed E-state index contributed by atoms with van der Waals surface area (Å²) in [5.74, 6) is 1.28. The predicted octanol–water partition coefficient (Wildman–Crippen LogP) is 1.47. The molecular formula is C15H22N4O3S. The van der Waals surface area contributed by atoms with Gasteiger partial charge in [-0.3, -0.25) is 0 Å². The van der Waals surface area contributed by atoms with Gasteiger partial charge in [0.1, 0.15) is 5.82 Å². The van der Waals surface area contributed by atoms with Gasteiger partial charge >= 0.3 is 6.03 Å². The minimum atomic E-state index is -3.07. The number of carbonyl (C=O) groups excluding carboxylic acids is 1. The molecule has 126 valence electrons. The number of amides is 2. The third-order valence-electron chi connectivity index (χ3n) is 4.38. The molecule has 1 aromatic heterocycles. The Morgan fingerprint density at radius 2 is 2.04 bits per heavy atom. The quantitative estimate of drug-likeness (QED) is 0.901. The number of hydrogen-bond donors (Lipinski definition) is 1. The third-order valence-corrected chi connectivity index (χ3v) is 6.14. The van der Waals surface area contributed by atoms with Crippen LogP contribution in [0.15, 0.2) is 12.4 Å². The van der Waals surface area contributed by atoms with Crippen LogP contribution in [0, 0.1) is 5.92 Å². The van der Waals surface area contributed by atoms with Crippen LogP contribution in [0.3, 0.4) is 0 Å². The summed E-state index contributed by atoms with van der Waals surface area (Å²) in [5, 5.41) is 2.80. The van der Waals surface area contributed by atoms with Crippen LogP contribution in [0.5, 0.6) is 0 Å². The van der Waals surface area contributed by atoms with E-state index in [1.54, 1.807) is 17.3 Å². The predicted molar refractivity (Wildman–Crippen MR) is 86.9 cm³/mol. The average molecular weight is 338 g/mol. The summed E-state index contributed by atoms with van der Waals surface area (Å²) in [7, 11) is -3.07. The molecule has 1 saturated carbocycles. The fourth-order valence-electron chi connectivity index (χ4n) is 2.97. The number of anilines is 1. The zero-order chi connectivity index (χ0) is 16.4. The Kier molecular flexibility index (Phi) is 4.52. The van der Waals surface area contributed by atoms with Gasteiger partial charge in [-0.2, -0.15) is 0 Å². The molecule has 1 aliphatic heterocycles. The van der Waals surface area contributed by atoms with Gasteiger partial charge in [-0.1, -0.05) is 6.92 Å². The maximum absolute atomic E-state index is 12.6. The summed E-state index contributed by atoms with van der Waals surface area (Å²) in [5.41, 5.74) is 0.536. The van der Waals surface area contributed by atoms with Gasteiger partial charge in [-0.25, -0.2) is 23.2 Å². The lowest BCUT2D eigenvalue weighted by atomic mass is 10.2. The third kappa shape index (κ3) is 3.99. The van der Waals surface area contributed by atoms with Crippen molar-refractivity contribution in [1.82, 2.24) is 14.9 Å². The molecule has 23 heavy (non-hydrogen) atoms. The summed E-state index contributed by atoms with van der Waals surface area (Å²) in [6, 6.07) is -0.467. The molecule has 1 N–H and O–H groups in total. The molecule has 2 aliphatic rings. The van der Waals surface area contributed by atoms with Crippen molar-refractivity contribution in [2.45, 2.75) is 38.6 Å². The number of rotatable bonds is 3. The molecule has 1 saturated heterocycles. The summed E-state index contributed by atoms with van der Waals surface area (Å²) in [4.78, 5) is 22.6. The van der Waals surface area contributed by atoms with Gasteiger partial charge in [0.2, 0.25) is 0 Å². The largest absolute Gasteiger partial charge is 0.322 e. The Morgan fingerprint density at radius 3 is 2.65 bits per heavy atom. The van der Waals surface area contributed by atoms with Crippen LogP contribution in [0.4, 0.5) is 10.5 Å². The van der Waals surface area contributed by atoms with Crippen molar-refractivity contribution in [3.63, 3.8) is 0 Å². The average Bonchev–Trinajstić information content (AvgIpc) is 3.35. The molecule has 2 heterocycles. The zero-order valence-corrected chi connectivity index (χ0v) is 14.1. The van der Waals surface area contributed by atoms with Gasteiger partial charge < -0.3 is 10.2 Å². The molecule has 0 bridgehead atoms. The second-order valence-corrected chi connectivity index (χ2v) is 8.47. The molecule has 2 amide bonds. The molecule has 8 heteroatoms. The number of carbonyl (C=O) groups is 1. The Labute approximate surface area is 136 Å². The van der Waals surface area contributed by atoms with E-state index in [-0.39, 0.29) is 23.6 Å². The van der Waals surface area contributed by atoms with Crippen LogP contribution < -0.4 is 5.32 Å². The fraction of sp³-hybridized carbons (Fsp3) is 0.667. The van der Waals surface area contributed by atoms with Gasteiger partial charge in [0.05, 0.1) is 35.6 Å². The molecule has 0 aromatic carbocycles. The molecule has 1 atom stereocenters. The standard InChI is InChI=1S/C15H22N4O3S/c1-2-14-16-8-12(9-17-14)18-15(20)19-6-3-7-23(21,22)10-13(19)11-4-5-11/h8-9,11,13H,2-7,10H2,1H3,(H,18,20). The Bertz CT molecular complexity index is 670. The molecule has 0 radical (unpaired) electrons. The van der Waals surface area contributed by atoms with E-state index in [4.69, 9.17) is 0 Å². The molecule has 0 spiro atoms. The Balaban J connectivity index is 1.73. The minimum absolute atomic E-state index is 0.0797. The summed E-state index contributed by atoms with van der Waals surface area (Å²) >= 11 is 0. The second kappa shape index (κ2) is 6.43. The SMILES string of the molecule is CCc1ncc(NC(=O)N2CCCS(=O)(=O)CC2C2CC2)cn1. The van der Waals surface area contributed by atoms with E-state index in [9.17, 15) is 13.2 Å². The van der Waals surface area contributed by atoms with Gasteiger partial charge in [0.15, 0.2) is 9.84 Å². The lowest BCUT2D eigenvalue weighted by molar-refractivity contribution is 0.187. The maximum atomic E-state index is 12.6. The zero-order valence-electron chi connectivity index (χ0n) is 13.2. The maximum Gasteiger partial charge on any atom is 0.322 e. The highest BCUT2D eigenvalue weighted by atomic mass is 32.2. The topological polar surface area (TPSA) is 92.3 Å². The molecule has 1 unspecified atom stereocenters. The van der Waals surface area contributed by atoms with Gasteiger partial charge in [0, 0.05) is 13.0 Å². The monoisotopic (exact) mass is 338 g/mol. The summed E-state index contributed by atoms with van der Waals surface area (Å²) < 4.78 is 24.1. The van der Waals surface area contributed by atoms with E-state index in [0.29, 0.717) is 24.6 Å². The minimum Gasteiger partial charge on any atom is -0.320 e. The molecule has 3 rings (SSSR count). The van der Waals surface area contributed by atoms with Gasteiger partial charge in [0.25, 0.3) is 0 Å². The lowest BCUT2D eigenvalue weighted by Crippen LogP contribution is -2.46. The highest BCUT2D eigenvalue weighted by molar-refractivity contribution is 7.91.